The summed E-state index contributed by atoms with van der Waals surface area (Å²) in [5.41, 5.74) is 1.04. The van der Waals surface area contributed by atoms with Crippen molar-refractivity contribution >= 4 is 17.3 Å². The molecular formula is C13H25N5S. The molecule has 0 spiro atoms. The molecule has 0 saturated heterocycles. The monoisotopic (exact) mass is 283 g/mol. The normalized spacial score (nSPS) is 10.8. The molecule has 0 aliphatic heterocycles. The quantitative estimate of drug-likeness (QED) is 0.600. The van der Waals surface area contributed by atoms with Gasteiger partial charge in [-0.3, -0.25) is 4.68 Å². The predicted octanol–water partition coefficient (Wildman–Crippen LogP) is 1.16. The molecule has 6 heteroatoms. The maximum absolute atomic E-state index is 5.36. The minimum atomic E-state index is 0.743. The fraction of sp³-hybridized carbons (Fsp3) is 0.692. The Kier molecular flexibility index (Phi) is 6.80. The molecule has 1 rings (SSSR count). The van der Waals surface area contributed by atoms with Gasteiger partial charge in [-0.2, -0.15) is 5.10 Å². The highest BCUT2D eigenvalue weighted by Crippen LogP contribution is 2.00. The van der Waals surface area contributed by atoms with Gasteiger partial charge in [0.2, 0.25) is 0 Å². The van der Waals surface area contributed by atoms with E-state index in [0.717, 1.165) is 43.4 Å². The number of rotatable bonds is 7. The largest absolute Gasteiger partial charge is 0.363 e. The second-order valence-electron chi connectivity index (χ2n) is 4.91. The zero-order valence-corrected chi connectivity index (χ0v) is 13.2. The molecule has 19 heavy (non-hydrogen) atoms. The van der Waals surface area contributed by atoms with E-state index in [2.05, 4.69) is 36.3 Å². The van der Waals surface area contributed by atoms with Crippen LogP contribution in [0.3, 0.4) is 0 Å². The molecule has 0 aliphatic carbocycles. The summed E-state index contributed by atoms with van der Waals surface area (Å²) in [4.78, 5) is 4.19. The van der Waals surface area contributed by atoms with Gasteiger partial charge < -0.3 is 15.1 Å². The maximum Gasteiger partial charge on any atom is 0.169 e. The van der Waals surface area contributed by atoms with Gasteiger partial charge in [-0.25, -0.2) is 0 Å². The van der Waals surface area contributed by atoms with Gasteiger partial charge in [0.25, 0.3) is 0 Å². The van der Waals surface area contributed by atoms with E-state index in [9.17, 15) is 0 Å². The first kappa shape index (κ1) is 15.9. The summed E-state index contributed by atoms with van der Waals surface area (Å²) in [5.74, 6) is 0. The summed E-state index contributed by atoms with van der Waals surface area (Å²) in [5, 5.41) is 8.51. The van der Waals surface area contributed by atoms with E-state index in [1.165, 1.54) is 0 Å². The SMILES string of the molecule is CCn1ccc(CN(C)C(=S)NCCCN(C)C)n1. The molecular weight excluding hydrogens is 258 g/mol. The Hall–Kier alpha value is -1.14. The van der Waals surface area contributed by atoms with Crippen LogP contribution in [0.5, 0.6) is 0 Å². The molecule has 1 heterocycles. The zero-order valence-electron chi connectivity index (χ0n) is 12.4. The Morgan fingerprint density at radius 1 is 1.42 bits per heavy atom. The van der Waals surface area contributed by atoms with Crippen LogP contribution in [0, 0.1) is 0 Å². The minimum Gasteiger partial charge on any atom is -0.363 e. The molecule has 1 N–H and O–H groups in total. The Labute approximate surface area is 121 Å². The molecule has 0 aromatic carbocycles. The van der Waals surface area contributed by atoms with Crippen molar-refractivity contribution in [1.82, 2.24) is 24.9 Å². The van der Waals surface area contributed by atoms with Crippen LogP contribution in [0.15, 0.2) is 12.3 Å². The van der Waals surface area contributed by atoms with Crippen molar-refractivity contribution in [3.8, 4) is 0 Å². The first-order chi connectivity index (χ1) is 9.02. The summed E-state index contributed by atoms with van der Waals surface area (Å²) in [6.07, 6.45) is 3.09. The molecule has 0 radical (unpaired) electrons. The number of thiocarbonyl (C=S) groups is 1. The highest BCUT2D eigenvalue weighted by molar-refractivity contribution is 7.80. The smallest absolute Gasteiger partial charge is 0.169 e. The van der Waals surface area contributed by atoms with Crippen LogP contribution in [0.4, 0.5) is 0 Å². The third-order valence-electron chi connectivity index (χ3n) is 2.82. The van der Waals surface area contributed by atoms with Crippen LogP contribution >= 0.6 is 12.2 Å². The lowest BCUT2D eigenvalue weighted by Gasteiger charge is -2.20. The lowest BCUT2D eigenvalue weighted by Crippen LogP contribution is -2.37. The van der Waals surface area contributed by atoms with Gasteiger partial charge in [0.1, 0.15) is 0 Å². The average molecular weight is 283 g/mol. The third-order valence-corrected chi connectivity index (χ3v) is 3.28. The lowest BCUT2D eigenvalue weighted by molar-refractivity contribution is 0.397. The van der Waals surface area contributed by atoms with Crippen LogP contribution in [0.1, 0.15) is 19.0 Å². The summed E-state index contributed by atoms with van der Waals surface area (Å²) in [6.45, 7) is 5.70. The van der Waals surface area contributed by atoms with Crippen LogP contribution in [-0.4, -0.2) is 58.9 Å². The van der Waals surface area contributed by atoms with Crippen molar-refractivity contribution in [2.75, 3.05) is 34.2 Å². The molecule has 1 aromatic rings. The van der Waals surface area contributed by atoms with E-state index in [-0.39, 0.29) is 0 Å². The van der Waals surface area contributed by atoms with Crippen LogP contribution in [0.2, 0.25) is 0 Å². The van der Waals surface area contributed by atoms with Crippen LogP contribution in [0.25, 0.3) is 0 Å². The number of hydrogen-bond donors (Lipinski definition) is 1. The number of aryl methyl sites for hydroxylation is 1. The van der Waals surface area contributed by atoms with Crippen molar-refractivity contribution in [3.05, 3.63) is 18.0 Å². The number of nitrogens with one attached hydrogen (secondary N) is 1. The van der Waals surface area contributed by atoms with Crippen molar-refractivity contribution in [2.45, 2.75) is 26.4 Å². The molecule has 1 aromatic heterocycles. The number of aromatic nitrogens is 2. The van der Waals surface area contributed by atoms with Crippen LogP contribution in [-0.2, 0) is 13.1 Å². The summed E-state index contributed by atoms with van der Waals surface area (Å²) in [6, 6.07) is 2.04. The van der Waals surface area contributed by atoms with Gasteiger partial charge in [-0.15, -0.1) is 0 Å². The maximum atomic E-state index is 5.36. The molecule has 0 aliphatic rings. The van der Waals surface area contributed by atoms with Crippen molar-refractivity contribution < 1.29 is 0 Å². The van der Waals surface area contributed by atoms with Gasteiger partial charge in [0.05, 0.1) is 12.2 Å². The Bertz CT molecular complexity index is 388. The average Bonchev–Trinajstić information content (AvgIpc) is 2.81. The van der Waals surface area contributed by atoms with Gasteiger partial charge in [-0.05, 0) is 52.3 Å². The highest BCUT2D eigenvalue weighted by Gasteiger charge is 2.06. The summed E-state index contributed by atoms with van der Waals surface area (Å²) in [7, 11) is 6.15. The zero-order chi connectivity index (χ0) is 14.3. The minimum absolute atomic E-state index is 0.743. The molecule has 0 unspecified atom stereocenters. The van der Waals surface area contributed by atoms with E-state index < -0.39 is 0 Å². The number of hydrogen-bond acceptors (Lipinski definition) is 3. The Morgan fingerprint density at radius 2 is 2.16 bits per heavy atom. The molecule has 0 bridgehead atoms. The predicted molar refractivity (Wildman–Crippen MR) is 83.1 cm³/mol. The van der Waals surface area contributed by atoms with E-state index in [1.807, 2.05) is 28.9 Å². The third kappa shape index (κ3) is 6.02. The molecule has 0 saturated carbocycles. The Morgan fingerprint density at radius 3 is 2.74 bits per heavy atom. The second kappa shape index (κ2) is 8.12. The molecule has 0 atom stereocenters. The lowest BCUT2D eigenvalue weighted by atomic mass is 10.4. The topological polar surface area (TPSA) is 36.3 Å². The highest BCUT2D eigenvalue weighted by atomic mass is 32.1. The Balaban J connectivity index is 2.28. The van der Waals surface area contributed by atoms with Gasteiger partial charge in [-0.1, -0.05) is 0 Å². The van der Waals surface area contributed by atoms with E-state index in [1.54, 1.807) is 0 Å². The molecule has 0 amide bonds. The molecule has 5 nitrogen and oxygen atoms in total. The van der Waals surface area contributed by atoms with Gasteiger partial charge in [0, 0.05) is 26.3 Å². The first-order valence-corrected chi connectivity index (χ1v) is 7.09. The van der Waals surface area contributed by atoms with E-state index in [0.29, 0.717) is 0 Å². The van der Waals surface area contributed by atoms with Crippen molar-refractivity contribution in [3.63, 3.8) is 0 Å². The summed E-state index contributed by atoms with van der Waals surface area (Å²) >= 11 is 5.36. The van der Waals surface area contributed by atoms with Gasteiger partial charge in [0.15, 0.2) is 5.11 Å². The fourth-order valence-electron chi connectivity index (χ4n) is 1.70. The second-order valence-corrected chi connectivity index (χ2v) is 5.29. The van der Waals surface area contributed by atoms with E-state index >= 15 is 0 Å². The summed E-state index contributed by atoms with van der Waals surface area (Å²) < 4.78 is 1.93. The van der Waals surface area contributed by atoms with Crippen LogP contribution < -0.4 is 5.32 Å². The van der Waals surface area contributed by atoms with E-state index in [4.69, 9.17) is 12.2 Å². The first-order valence-electron chi connectivity index (χ1n) is 6.69. The molecule has 0 fully saturated rings. The van der Waals surface area contributed by atoms with Crippen molar-refractivity contribution in [2.24, 2.45) is 0 Å². The standard InChI is InChI=1S/C13H25N5S/c1-5-18-10-7-12(15-18)11-17(4)13(19)14-8-6-9-16(2)3/h7,10H,5-6,8-9,11H2,1-4H3,(H,14,19). The fourth-order valence-corrected chi connectivity index (χ4v) is 1.87. The molecule has 108 valence electrons. The van der Waals surface area contributed by atoms with Crippen molar-refractivity contribution in [1.29, 1.82) is 0 Å². The van der Waals surface area contributed by atoms with Gasteiger partial charge >= 0.3 is 0 Å². The number of nitrogens with zero attached hydrogens (tertiary/aromatic N) is 4.